The van der Waals surface area contributed by atoms with Crippen LogP contribution in [0.2, 0.25) is 0 Å². The van der Waals surface area contributed by atoms with Gasteiger partial charge in [0, 0.05) is 9.99 Å². The molecule has 1 atom stereocenters. The largest absolute Gasteiger partial charge is 0.274 e. The highest BCUT2D eigenvalue weighted by molar-refractivity contribution is 14.1. The molecule has 0 unspecified atom stereocenters. The number of anilines is 1. The maximum Gasteiger partial charge on any atom is 0.237 e. The highest BCUT2D eigenvalue weighted by atomic mass is 127. The van der Waals surface area contributed by atoms with Gasteiger partial charge in [0.2, 0.25) is 11.8 Å². The average Bonchev–Trinajstić information content (AvgIpc) is 2.76. The molecule has 106 valence electrons. The molecule has 1 heterocycles. The van der Waals surface area contributed by atoms with Crippen LogP contribution in [0.5, 0.6) is 0 Å². The summed E-state index contributed by atoms with van der Waals surface area (Å²) >= 11 is 2.20. The number of carbonyl (C=O) groups is 2. The lowest BCUT2D eigenvalue weighted by Gasteiger charge is -2.15. The standard InChI is InChI=1S/C17H14INO2/c18-14-6-8-15(9-7-14)19-16(20)11-13(17(19)21)10-12-4-2-1-3-5-12/h1-9,13H,10-11H2/t13-/m0/s1. The highest BCUT2D eigenvalue weighted by Crippen LogP contribution is 2.29. The van der Waals surface area contributed by atoms with Crippen molar-refractivity contribution in [2.45, 2.75) is 12.8 Å². The molecule has 2 amide bonds. The smallest absolute Gasteiger partial charge is 0.237 e. The van der Waals surface area contributed by atoms with Crippen LogP contribution in [0.15, 0.2) is 54.6 Å². The second-order valence-corrected chi connectivity index (χ2v) is 6.38. The first-order chi connectivity index (χ1) is 10.1. The van der Waals surface area contributed by atoms with Crippen LogP contribution in [0.4, 0.5) is 5.69 Å². The van der Waals surface area contributed by atoms with Gasteiger partial charge in [0.25, 0.3) is 0 Å². The molecule has 1 fully saturated rings. The molecule has 3 rings (SSSR count). The first-order valence-corrected chi connectivity index (χ1v) is 7.89. The molecule has 1 aliphatic rings. The zero-order chi connectivity index (χ0) is 14.8. The Hall–Kier alpha value is -1.69. The second-order valence-electron chi connectivity index (χ2n) is 5.13. The van der Waals surface area contributed by atoms with E-state index in [1.165, 1.54) is 4.90 Å². The van der Waals surface area contributed by atoms with E-state index in [1.807, 2.05) is 54.6 Å². The van der Waals surface area contributed by atoms with E-state index in [0.717, 1.165) is 9.13 Å². The van der Waals surface area contributed by atoms with E-state index in [1.54, 1.807) is 0 Å². The van der Waals surface area contributed by atoms with E-state index in [-0.39, 0.29) is 17.7 Å². The molecule has 1 aliphatic heterocycles. The van der Waals surface area contributed by atoms with Crippen LogP contribution in [0.1, 0.15) is 12.0 Å². The van der Waals surface area contributed by atoms with Crippen molar-refractivity contribution in [3.63, 3.8) is 0 Å². The maximum absolute atomic E-state index is 12.5. The molecule has 2 aromatic rings. The van der Waals surface area contributed by atoms with Crippen molar-refractivity contribution in [1.29, 1.82) is 0 Å². The molecular formula is C17H14INO2. The molecule has 0 bridgehead atoms. The monoisotopic (exact) mass is 391 g/mol. The highest BCUT2D eigenvalue weighted by Gasteiger charge is 2.39. The first kappa shape index (κ1) is 14.3. The minimum absolute atomic E-state index is 0.0925. The van der Waals surface area contributed by atoms with Crippen LogP contribution in [-0.4, -0.2) is 11.8 Å². The predicted molar refractivity (Wildman–Crippen MR) is 89.9 cm³/mol. The number of imide groups is 1. The molecule has 2 aromatic carbocycles. The second kappa shape index (κ2) is 5.97. The van der Waals surface area contributed by atoms with Crippen molar-refractivity contribution in [3.05, 3.63) is 63.7 Å². The lowest BCUT2D eigenvalue weighted by Crippen LogP contribution is -2.30. The van der Waals surface area contributed by atoms with Crippen molar-refractivity contribution in [2.24, 2.45) is 5.92 Å². The number of carbonyl (C=O) groups excluding carboxylic acids is 2. The van der Waals surface area contributed by atoms with Crippen LogP contribution in [0.3, 0.4) is 0 Å². The Morgan fingerprint density at radius 3 is 2.33 bits per heavy atom. The van der Waals surface area contributed by atoms with Gasteiger partial charge in [0.1, 0.15) is 0 Å². The summed E-state index contributed by atoms with van der Waals surface area (Å²) < 4.78 is 1.08. The van der Waals surface area contributed by atoms with Gasteiger partial charge < -0.3 is 0 Å². The van der Waals surface area contributed by atoms with Crippen molar-refractivity contribution in [1.82, 2.24) is 0 Å². The van der Waals surface area contributed by atoms with Gasteiger partial charge in [0.05, 0.1) is 11.6 Å². The molecular weight excluding hydrogens is 377 g/mol. The van der Waals surface area contributed by atoms with E-state index in [9.17, 15) is 9.59 Å². The molecule has 21 heavy (non-hydrogen) atoms. The summed E-state index contributed by atoms with van der Waals surface area (Å²) in [7, 11) is 0. The number of benzene rings is 2. The number of nitrogens with zero attached hydrogens (tertiary/aromatic N) is 1. The predicted octanol–water partition coefficient (Wildman–Crippen LogP) is 3.41. The summed E-state index contributed by atoms with van der Waals surface area (Å²) in [6.45, 7) is 0. The lowest BCUT2D eigenvalue weighted by molar-refractivity contribution is -0.122. The molecule has 0 aliphatic carbocycles. The van der Waals surface area contributed by atoms with E-state index >= 15 is 0 Å². The molecule has 4 heteroatoms. The number of hydrogen-bond acceptors (Lipinski definition) is 2. The zero-order valence-electron chi connectivity index (χ0n) is 11.3. The summed E-state index contributed by atoms with van der Waals surface area (Å²) in [6.07, 6.45) is 0.909. The van der Waals surface area contributed by atoms with Crippen molar-refractivity contribution in [2.75, 3.05) is 4.90 Å². The van der Waals surface area contributed by atoms with Gasteiger partial charge in [-0.2, -0.15) is 0 Å². The lowest BCUT2D eigenvalue weighted by atomic mass is 9.98. The minimum Gasteiger partial charge on any atom is -0.274 e. The first-order valence-electron chi connectivity index (χ1n) is 6.81. The Kier molecular flexibility index (Phi) is 4.05. The molecule has 0 saturated carbocycles. The summed E-state index contributed by atoms with van der Waals surface area (Å²) in [5, 5.41) is 0. The van der Waals surface area contributed by atoms with Gasteiger partial charge in [-0.25, -0.2) is 0 Å². The van der Waals surface area contributed by atoms with E-state index < -0.39 is 0 Å². The summed E-state index contributed by atoms with van der Waals surface area (Å²) in [5.74, 6) is -0.452. The average molecular weight is 391 g/mol. The normalized spacial score (nSPS) is 18.3. The number of hydrogen-bond donors (Lipinski definition) is 0. The van der Waals surface area contributed by atoms with Gasteiger partial charge >= 0.3 is 0 Å². The number of rotatable bonds is 3. The summed E-state index contributed by atoms with van der Waals surface area (Å²) in [4.78, 5) is 26.0. The Morgan fingerprint density at radius 1 is 1.00 bits per heavy atom. The Labute approximate surface area is 137 Å². The van der Waals surface area contributed by atoms with Crippen LogP contribution in [-0.2, 0) is 16.0 Å². The number of halogens is 1. The van der Waals surface area contributed by atoms with E-state index in [4.69, 9.17) is 0 Å². The Morgan fingerprint density at radius 2 is 1.67 bits per heavy atom. The fourth-order valence-electron chi connectivity index (χ4n) is 2.61. The Bertz CT molecular complexity index is 667. The fraction of sp³-hybridized carbons (Fsp3) is 0.176. The van der Waals surface area contributed by atoms with E-state index in [0.29, 0.717) is 18.5 Å². The third-order valence-corrected chi connectivity index (χ3v) is 4.37. The molecule has 0 spiro atoms. The Balaban J connectivity index is 1.80. The van der Waals surface area contributed by atoms with Crippen molar-refractivity contribution >= 4 is 40.1 Å². The van der Waals surface area contributed by atoms with Crippen molar-refractivity contribution < 1.29 is 9.59 Å². The van der Waals surface area contributed by atoms with Crippen LogP contribution < -0.4 is 4.90 Å². The van der Waals surface area contributed by atoms with Gasteiger partial charge in [-0.1, -0.05) is 30.3 Å². The number of amides is 2. The zero-order valence-corrected chi connectivity index (χ0v) is 13.5. The molecule has 1 saturated heterocycles. The van der Waals surface area contributed by atoms with Gasteiger partial charge in [-0.15, -0.1) is 0 Å². The quantitative estimate of drug-likeness (QED) is 0.594. The van der Waals surface area contributed by atoms with E-state index in [2.05, 4.69) is 22.6 Å². The fourth-order valence-corrected chi connectivity index (χ4v) is 2.97. The summed E-state index contributed by atoms with van der Waals surface area (Å²) in [6, 6.07) is 17.3. The maximum atomic E-state index is 12.5. The minimum atomic E-state index is -0.251. The topological polar surface area (TPSA) is 37.4 Å². The SMILES string of the molecule is O=C1C[C@H](Cc2ccccc2)C(=O)N1c1ccc(I)cc1. The molecule has 3 nitrogen and oxygen atoms in total. The van der Waals surface area contributed by atoms with Crippen LogP contribution in [0.25, 0.3) is 0 Å². The summed E-state index contributed by atoms with van der Waals surface area (Å²) in [5.41, 5.74) is 1.76. The van der Waals surface area contributed by atoms with Crippen molar-refractivity contribution in [3.8, 4) is 0 Å². The molecule has 0 N–H and O–H groups in total. The third-order valence-electron chi connectivity index (χ3n) is 3.65. The van der Waals surface area contributed by atoms with Crippen LogP contribution in [0, 0.1) is 9.49 Å². The molecule has 0 aromatic heterocycles. The van der Waals surface area contributed by atoms with Gasteiger partial charge in [0.15, 0.2) is 0 Å². The van der Waals surface area contributed by atoms with Gasteiger partial charge in [-0.3, -0.25) is 14.5 Å². The third kappa shape index (κ3) is 3.00. The van der Waals surface area contributed by atoms with Crippen LogP contribution >= 0.6 is 22.6 Å². The van der Waals surface area contributed by atoms with Gasteiger partial charge in [-0.05, 0) is 58.8 Å². The molecule has 0 radical (unpaired) electrons.